The minimum absolute atomic E-state index is 0.00501. The van der Waals surface area contributed by atoms with Crippen LogP contribution in [0.2, 0.25) is 0 Å². The smallest absolute Gasteiger partial charge is 0.301 e. The maximum absolute atomic E-state index is 12.7. The van der Waals surface area contributed by atoms with Gasteiger partial charge in [-0.05, 0) is 31.4 Å². The topological polar surface area (TPSA) is 56.0 Å². The van der Waals surface area contributed by atoms with E-state index < -0.39 is 0 Å². The quantitative estimate of drug-likeness (QED) is 0.731. The summed E-state index contributed by atoms with van der Waals surface area (Å²) in [5.74, 6) is 0. The molecule has 4 rings (SSSR count). The van der Waals surface area contributed by atoms with Gasteiger partial charge in [0.1, 0.15) is 11.8 Å². The Labute approximate surface area is 146 Å². The van der Waals surface area contributed by atoms with E-state index >= 15 is 0 Å². The van der Waals surface area contributed by atoms with Crippen molar-refractivity contribution in [2.45, 2.75) is 25.3 Å². The fourth-order valence-corrected chi connectivity index (χ4v) is 3.80. The molecule has 0 amide bonds. The fraction of sp³-hybridized carbons (Fsp3) is 0.421. The molecule has 3 aromatic rings. The molecule has 2 aromatic heterocycles. The monoisotopic (exact) mass is 337 g/mol. The van der Waals surface area contributed by atoms with Gasteiger partial charge in [0.05, 0.1) is 12.2 Å². The third kappa shape index (κ3) is 3.09. The maximum Gasteiger partial charge on any atom is 0.330 e. The van der Waals surface area contributed by atoms with E-state index in [0.717, 1.165) is 50.1 Å². The van der Waals surface area contributed by atoms with Crippen LogP contribution < -0.4 is 5.69 Å². The highest BCUT2D eigenvalue weighted by atomic mass is 16.1. The summed E-state index contributed by atoms with van der Waals surface area (Å²) >= 11 is 0. The number of likely N-dealkylation sites (tertiary alicyclic amines) is 1. The van der Waals surface area contributed by atoms with E-state index in [1.54, 1.807) is 17.8 Å². The molecule has 3 heterocycles. The maximum atomic E-state index is 12.7. The summed E-state index contributed by atoms with van der Waals surface area (Å²) < 4.78 is 3.52. The molecule has 0 spiro atoms. The van der Waals surface area contributed by atoms with Gasteiger partial charge in [-0.3, -0.25) is 9.13 Å². The van der Waals surface area contributed by atoms with Gasteiger partial charge < -0.3 is 4.90 Å². The summed E-state index contributed by atoms with van der Waals surface area (Å²) in [7, 11) is 1.79. The molecule has 1 unspecified atom stereocenters. The second-order valence-electron chi connectivity index (χ2n) is 6.78. The first-order valence-electron chi connectivity index (χ1n) is 8.87. The summed E-state index contributed by atoms with van der Waals surface area (Å²) in [5, 5.41) is 0. The summed E-state index contributed by atoms with van der Waals surface area (Å²) in [6.07, 6.45) is 6.41. The number of aromatic nitrogens is 4. The van der Waals surface area contributed by atoms with Gasteiger partial charge in [0.2, 0.25) is 0 Å². The highest BCUT2D eigenvalue weighted by Gasteiger charge is 2.25. The van der Waals surface area contributed by atoms with Gasteiger partial charge in [0.15, 0.2) is 5.65 Å². The molecule has 1 saturated heterocycles. The number of piperidine rings is 1. The fourth-order valence-electron chi connectivity index (χ4n) is 3.80. The molecule has 1 fully saturated rings. The Balaban J connectivity index is 1.54. The lowest BCUT2D eigenvalue weighted by atomic mass is 10.0. The molecule has 1 atom stereocenters. The Bertz CT molecular complexity index is 914. The SMILES string of the molecule is Cn1c(=O)n(C2CCCN(CCc3ccccc3)C2)c2ncncc21. The highest BCUT2D eigenvalue weighted by molar-refractivity contribution is 5.70. The van der Waals surface area contributed by atoms with Gasteiger partial charge in [-0.15, -0.1) is 0 Å². The van der Waals surface area contributed by atoms with Crippen molar-refractivity contribution in [2.75, 3.05) is 19.6 Å². The molecule has 1 aliphatic rings. The van der Waals surface area contributed by atoms with Crippen LogP contribution in [-0.4, -0.2) is 43.6 Å². The van der Waals surface area contributed by atoms with E-state index in [2.05, 4.69) is 45.2 Å². The van der Waals surface area contributed by atoms with Crippen molar-refractivity contribution in [1.29, 1.82) is 0 Å². The predicted octanol–water partition coefficient (Wildman–Crippen LogP) is 2.01. The zero-order valence-electron chi connectivity index (χ0n) is 14.5. The molecule has 1 aromatic carbocycles. The van der Waals surface area contributed by atoms with E-state index in [1.165, 1.54) is 11.9 Å². The van der Waals surface area contributed by atoms with Gasteiger partial charge in [0.25, 0.3) is 0 Å². The minimum Gasteiger partial charge on any atom is -0.301 e. The third-order valence-corrected chi connectivity index (χ3v) is 5.16. The summed E-state index contributed by atoms with van der Waals surface area (Å²) in [6, 6.07) is 10.7. The number of benzene rings is 1. The molecule has 0 aliphatic carbocycles. The Morgan fingerprint density at radius 1 is 1.24 bits per heavy atom. The molecule has 1 aliphatic heterocycles. The first-order chi connectivity index (χ1) is 12.2. The van der Waals surface area contributed by atoms with Gasteiger partial charge >= 0.3 is 5.69 Å². The Morgan fingerprint density at radius 2 is 2.08 bits per heavy atom. The summed E-state index contributed by atoms with van der Waals surface area (Å²) in [6.45, 7) is 3.02. The molecular formula is C19H23N5O. The van der Waals surface area contributed by atoms with Gasteiger partial charge in [-0.1, -0.05) is 30.3 Å². The predicted molar refractivity (Wildman–Crippen MR) is 97.6 cm³/mol. The molecule has 0 N–H and O–H groups in total. The number of aryl methyl sites for hydroxylation is 1. The molecule has 130 valence electrons. The zero-order valence-corrected chi connectivity index (χ0v) is 14.5. The summed E-state index contributed by atoms with van der Waals surface area (Å²) in [5.41, 5.74) is 2.91. The van der Waals surface area contributed by atoms with Crippen molar-refractivity contribution in [3.63, 3.8) is 0 Å². The van der Waals surface area contributed by atoms with Crippen LogP contribution in [-0.2, 0) is 13.5 Å². The van der Waals surface area contributed by atoms with E-state index in [0.29, 0.717) is 0 Å². The number of nitrogens with zero attached hydrogens (tertiary/aromatic N) is 5. The van der Waals surface area contributed by atoms with Crippen molar-refractivity contribution in [2.24, 2.45) is 7.05 Å². The number of imidazole rings is 1. The van der Waals surface area contributed by atoms with E-state index in [9.17, 15) is 4.79 Å². The van der Waals surface area contributed by atoms with Crippen molar-refractivity contribution in [3.8, 4) is 0 Å². The first-order valence-corrected chi connectivity index (χ1v) is 8.87. The van der Waals surface area contributed by atoms with Crippen molar-refractivity contribution in [3.05, 3.63) is 58.9 Å². The van der Waals surface area contributed by atoms with Gasteiger partial charge in [-0.2, -0.15) is 0 Å². The third-order valence-electron chi connectivity index (χ3n) is 5.16. The lowest BCUT2D eigenvalue weighted by Crippen LogP contribution is -2.40. The van der Waals surface area contributed by atoms with Crippen LogP contribution in [0.3, 0.4) is 0 Å². The molecular weight excluding hydrogens is 314 g/mol. The largest absolute Gasteiger partial charge is 0.330 e. The average molecular weight is 337 g/mol. The lowest BCUT2D eigenvalue weighted by molar-refractivity contribution is 0.178. The van der Waals surface area contributed by atoms with Crippen LogP contribution in [0.25, 0.3) is 11.2 Å². The second-order valence-corrected chi connectivity index (χ2v) is 6.78. The molecule has 0 radical (unpaired) electrons. The number of hydrogen-bond donors (Lipinski definition) is 0. The van der Waals surface area contributed by atoms with E-state index in [4.69, 9.17) is 0 Å². The van der Waals surface area contributed by atoms with Crippen LogP contribution in [0, 0.1) is 0 Å². The van der Waals surface area contributed by atoms with Crippen LogP contribution >= 0.6 is 0 Å². The average Bonchev–Trinajstić information content (AvgIpc) is 2.92. The van der Waals surface area contributed by atoms with Gasteiger partial charge in [-0.25, -0.2) is 14.8 Å². The first kappa shape index (κ1) is 16.0. The van der Waals surface area contributed by atoms with Crippen molar-refractivity contribution in [1.82, 2.24) is 24.0 Å². The van der Waals surface area contributed by atoms with Crippen LogP contribution in [0.5, 0.6) is 0 Å². The molecule has 6 nitrogen and oxygen atoms in total. The van der Waals surface area contributed by atoms with Crippen molar-refractivity contribution < 1.29 is 0 Å². The van der Waals surface area contributed by atoms with Crippen LogP contribution in [0.4, 0.5) is 0 Å². The van der Waals surface area contributed by atoms with Crippen LogP contribution in [0.15, 0.2) is 47.7 Å². The standard InChI is InChI=1S/C19H23N5O/c1-22-17-12-20-14-21-18(17)24(19(22)25)16-8-5-10-23(13-16)11-9-15-6-3-2-4-7-15/h2-4,6-7,12,14,16H,5,8-11,13H2,1H3. The molecule has 0 bridgehead atoms. The Hall–Kier alpha value is -2.47. The Morgan fingerprint density at radius 3 is 2.92 bits per heavy atom. The van der Waals surface area contributed by atoms with Gasteiger partial charge in [0, 0.05) is 20.1 Å². The number of fused-ring (bicyclic) bond motifs is 1. The second kappa shape index (κ2) is 6.80. The molecule has 0 saturated carbocycles. The van der Waals surface area contributed by atoms with Crippen molar-refractivity contribution >= 4 is 11.2 Å². The highest BCUT2D eigenvalue weighted by Crippen LogP contribution is 2.23. The minimum atomic E-state index is 0.00501. The number of rotatable bonds is 4. The zero-order chi connectivity index (χ0) is 17.2. The summed E-state index contributed by atoms with van der Waals surface area (Å²) in [4.78, 5) is 23.6. The number of hydrogen-bond acceptors (Lipinski definition) is 4. The van der Waals surface area contributed by atoms with Crippen LogP contribution in [0.1, 0.15) is 24.4 Å². The normalized spacial score (nSPS) is 18.7. The molecule has 6 heteroatoms. The van der Waals surface area contributed by atoms with E-state index in [1.807, 2.05) is 4.57 Å². The molecule has 25 heavy (non-hydrogen) atoms. The van der Waals surface area contributed by atoms with E-state index in [-0.39, 0.29) is 11.7 Å². The Kier molecular flexibility index (Phi) is 4.36. The lowest BCUT2D eigenvalue weighted by Gasteiger charge is -2.33.